The standard InChI is InChI=1S/C18H27N3O2S/c1-12-11-19-17(24-12)16(14-4-5-14)20-18(22)21-8-6-13(7-9-21)15-3-2-10-23-15/h11,13-16H,2-10H2,1H3,(H,20,22)/t15-,16+/m1/s1. The summed E-state index contributed by atoms with van der Waals surface area (Å²) in [5.74, 6) is 1.21. The van der Waals surface area contributed by atoms with E-state index in [2.05, 4.69) is 17.2 Å². The molecule has 0 bridgehead atoms. The highest BCUT2D eigenvalue weighted by Gasteiger charge is 2.37. The number of carbonyl (C=O) groups excluding carboxylic acids is 1. The number of likely N-dealkylation sites (tertiary alicyclic amines) is 1. The topological polar surface area (TPSA) is 54.5 Å². The minimum absolute atomic E-state index is 0.0885. The molecule has 24 heavy (non-hydrogen) atoms. The van der Waals surface area contributed by atoms with Gasteiger partial charge in [0.1, 0.15) is 5.01 Å². The molecule has 3 heterocycles. The van der Waals surface area contributed by atoms with E-state index in [1.807, 2.05) is 11.1 Å². The third-order valence-corrected chi connectivity index (χ3v) is 6.59. The molecule has 5 nitrogen and oxygen atoms in total. The normalized spacial score (nSPS) is 26.5. The molecule has 2 saturated heterocycles. The molecule has 6 heteroatoms. The molecule has 1 N–H and O–H groups in total. The van der Waals surface area contributed by atoms with E-state index in [9.17, 15) is 4.79 Å². The van der Waals surface area contributed by atoms with Gasteiger partial charge in [-0.1, -0.05) is 0 Å². The van der Waals surface area contributed by atoms with Gasteiger partial charge in [0.15, 0.2) is 0 Å². The van der Waals surface area contributed by atoms with Crippen molar-refractivity contribution in [2.45, 2.75) is 57.6 Å². The number of ether oxygens (including phenoxy) is 1. The summed E-state index contributed by atoms with van der Waals surface area (Å²) in [5, 5.41) is 4.33. The van der Waals surface area contributed by atoms with E-state index in [0.717, 1.165) is 37.5 Å². The maximum atomic E-state index is 12.7. The van der Waals surface area contributed by atoms with Gasteiger partial charge in [0.25, 0.3) is 0 Å². The van der Waals surface area contributed by atoms with Crippen molar-refractivity contribution < 1.29 is 9.53 Å². The molecule has 2 amide bonds. The Bertz CT molecular complexity index is 573. The van der Waals surface area contributed by atoms with Crippen molar-refractivity contribution in [3.63, 3.8) is 0 Å². The largest absolute Gasteiger partial charge is 0.378 e. The van der Waals surface area contributed by atoms with Gasteiger partial charge in [0.05, 0.1) is 12.1 Å². The Morgan fingerprint density at radius 3 is 2.71 bits per heavy atom. The highest BCUT2D eigenvalue weighted by molar-refractivity contribution is 7.11. The summed E-state index contributed by atoms with van der Waals surface area (Å²) in [4.78, 5) is 20.4. The van der Waals surface area contributed by atoms with Crippen LogP contribution in [0.5, 0.6) is 0 Å². The summed E-state index contributed by atoms with van der Waals surface area (Å²) in [6.45, 7) is 4.69. The summed E-state index contributed by atoms with van der Waals surface area (Å²) in [5.41, 5.74) is 0. The predicted octanol–water partition coefficient (Wildman–Crippen LogP) is 3.50. The number of aryl methyl sites for hydroxylation is 1. The zero-order valence-corrected chi connectivity index (χ0v) is 15.2. The first-order valence-corrected chi connectivity index (χ1v) is 10.1. The molecule has 1 aromatic heterocycles. The summed E-state index contributed by atoms with van der Waals surface area (Å²) in [6, 6.07) is 0.192. The maximum absolute atomic E-state index is 12.7. The molecule has 1 aliphatic carbocycles. The van der Waals surface area contributed by atoms with E-state index < -0.39 is 0 Å². The molecule has 132 valence electrons. The van der Waals surface area contributed by atoms with Crippen molar-refractivity contribution in [3.05, 3.63) is 16.1 Å². The number of nitrogens with one attached hydrogen (secondary N) is 1. The van der Waals surface area contributed by atoms with Crippen LogP contribution in [0.3, 0.4) is 0 Å². The number of urea groups is 1. The Labute approximate surface area is 147 Å². The van der Waals surface area contributed by atoms with Gasteiger partial charge in [-0.05, 0) is 57.3 Å². The second kappa shape index (κ2) is 7.00. The molecular weight excluding hydrogens is 322 g/mol. The van der Waals surface area contributed by atoms with Gasteiger partial charge in [-0.3, -0.25) is 0 Å². The average molecular weight is 350 g/mol. The second-order valence-electron chi connectivity index (χ2n) is 7.45. The number of nitrogens with zero attached hydrogens (tertiary/aromatic N) is 2. The van der Waals surface area contributed by atoms with Crippen LogP contribution in [0.15, 0.2) is 6.20 Å². The van der Waals surface area contributed by atoms with Gasteiger partial charge in [-0.25, -0.2) is 9.78 Å². The number of piperidine rings is 1. The second-order valence-corrected chi connectivity index (χ2v) is 8.72. The molecule has 2 aliphatic heterocycles. The van der Waals surface area contributed by atoms with E-state index in [0.29, 0.717) is 17.9 Å². The summed E-state index contributed by atoms with van der Waals surface area (Å²) in [7, 11) is 0. The molecule has 1 aromatic rings. The van der Waals surface area contributed by atoms with Crippen LogP contribution in [0.1, 0.15) is 54.5 Å². The zero-order valence-electron chi connectivity index (χ0n) is 14.4. The lowest BCUT2D eigenvalue weighted by Crippen LogP contribution is -2.47. The number of aromatic nitrogens is 1. The van der Waals surface area contributed by atoms with Crippen molar-refractivity contribution >= 4 is 17.4 Å². The lowest BCUT2D eigenvalue weighted by atomic mass is 9.90. The average Bonchev–Trinajstić information content (AvgIpc) is 3.10. The van der Waals surface area contributed by atoms with Gasteiger partial charge in [0, 0.05) is 30.8 Å². The summed E-state index contributed by atoms with van der Waals surface area (Å²) >= 11 is 1.71. The van der Waals surface area contributed by atoms with E-state index in [1.54, 1.807) is 11.3 Å². The molecule has 0 spiro atoms. The number of amides is 2. The van der Waals surface area contributed by atoms with Gasteiger partial charge >= 0.3 is 6.03 Å². The first-order valence-electron chi connectivity index (χ1n) is 9.30. The quantitative estimate of drug-likeness (QED) is 0.905. The lowest BCUT2D eigenvalue weighted by Gasteiger charge is -2.35. The Morgan fingerprint density at radius 2 is 2.12 bits per heavy atom. The van der Waals surface area contributed by atoms with Gasteiger partial charge in [-0.2, -0.15) is 0 Å². The fraction of sp³-hybridized carbons (Fsp3) is 0.778. The first kappa shape index (κ1) is 16.3. The van der Waals surface area contributed by atoms with E-state index in [-0.39, 0.29) is 12.1 Å². The van der Waals surface area contributed by atoms with Crippen LogP contribution in [0.2, 0.25) is 0 Å². The van der Waals surface area contributed by atoms with Crippen molar-refractivity contribution in [2.24, 2.45) is 11.8 Å². The number of carbonyl (C=O) groups is 1. The number of hydrogen-bond donors (Lipinski definition) is 1. The fourth-order valence-corrected chi connectivity index (χ4v) is 4.92. The number of hydrogen-bond acceptors (Lipinski definition) is 4. The van der Waals surface area contributed by atoms with Gasteiger partial charge in [-0.15, -0.1) is 11.3 Å². The highest BCUT2D eigenvalue weighted by atomic mass is 32.1. The van der Waals surface area contributed by atoms with Gasteiger partial charge in [0.2, 0.25) is 0 Å². The molecular formula is C18H27N3O2S. The minimum atomic E-state index is 0.0885. The molecule has 0 aromatic carbocycles. The molecule has 1 saturated carbocycles. The molecule has 0 radical (unpaired) electrons. The number of thiazole rings is 1. The fourth-order valence-electron chi connectivity index (χ4n) is 4.00. The third kappa shape index (κ3) is 3.59. The minimum Gasteiger partial charge on any atom is -0.378 e. The lowest BCUT2D eigenvalue weighted by molar-refractivity contribution is 0.0370. The summed E-state index contributed by atoms with van der Waals surface area (Å²) < 4.78 is 5.83. The first-order chi connectivity index (χ1) is 11.7. The van der Waals surface area contributed by atoms with E-state index in [1.165, 1.54) is 30.6 Å². The van der Waals surface area contributed by atoms with Crippen molar-refractivity contribution in [3.8, 4) is 0 Å². The summed E-state index contributed by atoms with van der Waals surface area (Å²) in [6.07, 6.45) is 9.29. The zero-order chi connectivity index (χ0) is 16.5. The Hall–Kier alpha value is -1.14. The smallest absolute Gasteiger partial charge is 0.317 e. The van der Waals surface area contributed by atoms with Crippen LogP contribution >= 0.6 is 11.3 Å². The molecule has 2 atom stereocenters. The van der Waals surface area contributed by atoms with E-state index in [4.69, 9.17) is 4.74 Å². The van der Waals surface area contributed by atoms with Gasteiger partial charge < -0.3 is 15.0 Å². The van der Waals surface area contributed by atoms with Crippen molar-refractivity contribution in [1.82, 2.24) is 15.2 Å². The maximum Gasteiger partial charge on any atom is 0.317 e. The van der Waals surface area contributed by atoms with Crippen molar-refractivity contribution in [2.75, 3.05) is 19.7 Å². The Kier molecular flexibility index (Phi) is 4.77. The van der Waals surface area contributed by atoms with Crippen molar-refractivity contribution in [1.29, 1.82) is 0 Å². The van der Waals surface area contributed by atoms with Crippen LogP contribution in [0, 0.1) is 18.8 Å². The van der Waals surface area contributed by atoms with Crippen LogP contribution in [0.4, 0.5) is 4.79 Å². The molecule has 4 rings (SSSR count). The SMILES string of the molecule is Cc1cnc([C@@H](NC(=O)N2CCC([C@H]3CCCO3)CC2)C2CC2)s1. The Balaban J connectivity index is 1.32. The van der Waals surface area contributed by atoms with Crippen LogP contribution in [-0.4, -0.2) is 41.7 Å². The van der Waals surface area contributed by atoms with E-state index >= 15 is 0 Å². The van der Waals surface area contributed by atoms with Crippen LogP contribution in [0.25, 0.3) is 0 Å². The van der Waals surface area contributed by atoms with Crippen LogP contribution < -0.4 is 5.32 Å². The monoisotopic (exact) mass is 349 g/mol. The molecule has 3 fully saturated rings. The predicted molar refractivity (Wildman–Crippen MR) is 94.1 cm³/mol. The third-order valence-electron chi connectivity index (χ3n) is 5.60. The Morgan fingerprint density at radius 1 is 1.33 bits per heavy atom. The molecule has 3 aliphatic rings. The highest BCUT2D eigenvalue weighted by Crippen LogP contribution is 2.42. The molecule has 0 unspecified atom stereocenters. The number of rotatable bonds is 4. The van der Waals surface area contributed by atoms with Crippen LogP contribution in [-0.2, 0) is 4.74 Å².